The zero-order valence-electron chi connectivity index (χ0n) is 17.1. The van der Waals surface area contributed by atoms with Gasteiger partial charge in [-0.1, -0.05) is 123 Å². The number of rotatable bonds is 15. The molecule has 1 aromatic heterocycles. The van der Waals surface area contributed by atoms with Crippen molar-refractivity contribution in [1.82, 2.24) is 4.98 Å². The van der Waals surface area contributed by atoms with Gasteiger partial charge in [0.2, 0.25) is 0 Å². The maximum Gasteiger partial charge on any atom is 0.0267 e. The highest BCUT2D eigenvalue weighted by Gasteiger charge is 1.93. The number of pyridine rings is 1. The normalized spacial score (nSPS) is 9.84. The van der Waals surface area contributed by atoms with E-state index in [9.17, 15) is 0 Å². The predicted octanol–water partition coefficient (Wildman–Crippen LogP) is 8.93. The number of hydrogen-bond acceptors (Lipinski definition) is 1. The molecule has 2 heteroatoms. The van der Waals surface area contributed by atoms with Crippen LogP contribution in [0.2, 0.25) is 0 Å². The number of hydrogen-bond donors (Lipinski definition) is 0. The Labute approximate surface area is 169 Å². The first-order chi connectivity index (χ1) is 11.9. The van der Waals surface area contributed by atoms with E-state index in [2.05, 4.69) is 18.8 Å². The third-order valence-electron chi connectivity index (χ3n) is 4.52. The molecule has 0 aromatic carbocycles. The monoisotopic (exact) mass is 413 g/mol. The molecule has 0 radical (unpaired) electrons. The first kappa shape index (κ1) is 26.9. The topological polar surface area (TPSA) is 12.9 Å². The van der Waals surface area contributed by atoms with Gasteiger partial charge in [-0.05, 0) is 12.1 Å². The molecule has 0 bridgehead atoms. The van der Waals surface area contributed by atoms with Crippen molar-refractivity contribution in [3.63, 3.8) is 0 Å². The molecule has 1 heterocycles. The summed E-state index contributed by atoms with van der Waals surface area (Å²) in [5, 5.41) is 0. The third-order valence-corrected chi connectivity index (χ3v) is 4.52. The van der Waals surface area contributed by atoms with Crippen LogP contribution < -0.4 is 0 Å². The van der Waals surface area contributed by atoms with Gasteiger partial charge in [0.15, 0.2) is 0 Å². The summed E-state index contributed by atoms with van der Waals surface area (Å²) in [6.45, 7) is 4.59. The molecular formula is C23H44BrN. The van der Waals surface area contributed by atoms with Crippen molar-refractivity contribution < 1.29 is 0 Å². The summed E-state index contributed by atoms with van der Waals surface area (Å²) >= 11 is 0. The second-order valence-corrected chi connectivity index (χ2v) is 6.97. The minimum atomic E-state index is 0. The summed E-state index contributed by atoms with van der Waals surface area (Å²) in [7, 11) is 0. The molecule has 0 aliphatic heterocycles. The smallest absolute Gasteiger partial charge is 0.0267 e. The van der Waals surface area contributed by atoms with Gasteiger partial charge in [-0.2, -0.15) is 0 Å². The highest BCUT2D eigenvalue weighted by Crippen LogP contribution is 2.13. The van der Waals surface area contributed by atoms with E-state index in [0.29, 0.717) is 0 Å². The largest absolute Gasteiger partial charge is 0.265 e. The predicted molar refractivity (Wildman–Crippen MR) is 120 cm³/mol. The van der Waals surface area contributed by atoms with E-state index in [0.717, 1.165) is 0 Å². The van der Waals surface area contributed by atoms with Crippen LogP contribution in [0.15, 0.2) is 30.6 Å². The van der Waals surface area contributed by atoms with Crippen molar-refractivity contribution in [2.24, 2.45) is 0 Å². The van der Waals surface area contributed by atoms with Crippen LogP contribution in [0.25, 0.3) is 0 Å². The Morgan fingerprint density at radius 2 is 0.720 bits per heavy atom. The maximum atomic E-state index is 3.78. The number of halogens is 1. The van der Waals surface area contributed by atoms with Crippen molar-refractivity contribution in [2.75, 3.05) is 0 Å². The Kier molecular flexibility index (Phi) is 27.8. The number of aromatic nitrogens is 1. The Morgan fingerprint density at radius 3 is 0.880 bits per heavy atom. The number of unbranched alkanes of at least 4 members (excludes halogenated alkanes) is 15. The highest BCUT2D eigenvalue weighted by atomic mass is 79.9. The second-order valence-electron chi connectivity index (χ2n) is 6.97. The molecule has 0 aliphatic rings. The van der Waals surface area contributed by atoms with Crippen molar-refractivity contribution in [3.05, 3.63) is 30.6 Å². The van der Waals surface area contributed by atoms with Gasteiger partial charge in [0.1, 0.15) is 0 Å². The van der Waals surface area contributed by atoms with Crippen LogP contribution in [0.5, 0.6) is 0 Å². The zero-order valence-corrected chi connectivity index (χ0v) is 18.8. The molecule has 0 aliphatic carbocycles. The molecule has 1 nitrogen and oxygen atoms in total. The van der Waals surface area contributed by atoms with Gasteiger partial charge in [0.25, 0.3) is 0 Å². The Balaban J connectivity index is 0. The van der Waals surface area contributed by atoms with Gasteiger partial charge in [-0.15, -0.1) is 17.0 Å². The molecule has 0 spiro atoms. The summed E-state index contributed by atoms with van der Waals surface area (Å²) < 4.78 is 0. The van der Waals surface area contributed by atoms with Crippen molar-refractivity contribution in [3.8, 4) is 0 Å². The van der Waals surface area contributed by atoms with Crippen LogP contribution in [-0.2, 0) is 0 Å². The molecule has 1 rings (SSSR count). The molecule has 0 saturated heterocycles. The minimum Gasteiger partial charge on any atom is -0.265 e. The van der Waals surface area contributed by atoms with Crippen LogP contribution in [0.3, 0.4) is 0 Å². The standard InChI is InChI=1S/C18H38.C5H5N.BrH/c1-3-5-7-9-11-13-15-17-18-16-14-12-10-8-6-4-2;1-2-4-6-5-3-1;/h3-18H2,1-2H3;1-5H;1H. The summed E-state index contributed by atoms with van der Waals surface area (Å²) in [5.74, 6) is 0. The number of nitrogens with zero attached hydrogens (tertiary/aromatic N) is 1. The fourth-order valence-electron chi connectivity index (χ4n) is 2.93. The average molecular weight is 415 g/mol. The summed E-state index contributed by atoms with van der Waals surface area (Å²) in [6, 6.07) is 5.72. The van der Waals surface area contributed by atoms with E-state index in [-0.39, 0.29) is 17.0 Å². The van der Waals surface area contributed by atoms with Gasteiger partial charge >= 0.3 is 0 Å². The average Bonchev–Trinajstić information content (AvgIpc) is 2.64. The minimum absolute atomic E-state index is 0. The van der Waals surface area contributed by atoms with Gasteiger partial charge in [-0.3, -0.25) is 4.98 Å². The first-order valence-electron chi connectivity index (χ1n) is 10.8. The molecule has 0 N–H and O–H groups in total. The quantitative estimate of drug-likeness (QED) is 0.261. The summed E-state index contributed by atoms with van der Waals surface area (Å²) in [6.07, 6.45) is 26.9. The van der Waals surface area contributed by atoms with Crippen LogP contribution >= 0.6 is 17.0 Å². The molecule has 0 unspecified atom stereocenters. The van der Waals surface area contributed by atoms with E-state index in [1.165, 1.54) is 103 Å². The van der Waals surface area contributed by atoms with Crippen LogP contribution in [0, 0.1) is 0 Å². The van der Waals surface area contributed by atoms with Crippen LogP contribution in [-0.4, -0.2) is 4.98 Å². The second kappa shape index (κ2) is 25.9. The van der Waals surface area contributed by atoms with E-state index in [1.807, 2.05) is 18.2 Å². The van der Waals surface area contributed by atoms with Gasteiger partial charge in [0.05, 0.1) is 0 Å². The summed E-state index contributed by atoms with van der Waals surface area (Å²) in [5.41, 5.74) is 0. The third kappa shape index (κ3) is 26.0. The highest BCUT2D eigenvalue weighted by molar-refractivity contribution is 8.93. The molecule has 1 aromatic rings. The molecule has 148 valence electrons. The van der Waals surface area contributed by atoms with E-state index in [4.69, 9.17) is 0 Å². The lowest BCUT2D eigenvalue weighted by atomic mass is 10.0. The molecule has 0 amide bonds. The molecule has 0 atom stereocenters. The fourth-order valence-corrected chi connectivity index (χ4v) is 2.93. The van der Waals surface area contributed by atoms with Crippen molar-refractivity contribution >= 4 is 17.0 Å². The fraction of sp³-hybridized carbons (Fsp3) is 0.783. The van der Waals surface area contributed by atoms with E-state index >= 15 is 0 Å². The molecule has 25 heavy (non-hydrogen) atoms. The van der Waals surface area contributed by atoms with Crippen molar-refractivity contribution in [1.29, 1.82) is 0 Å². The van der Waals surface area contributed by atoms with Gasteiger partial charge < -0.3 is 0 Å². The van der Waals surface area contributed by atoms with Crippen molar-refractivity contribution in [2.45, 2.75) is 117 Å². The van der Waals surface area contributed by atoms with Crippen LogP contribution in [0.1, 0.15) is 117 Å². The summed E-state index contributed by atoms with van der Waals surface area (Å²) in [4.78, 5) is 3.78. The Hall–Kier alpha value is -0.370. The van der Waals surface area contributed by atoms with E-state index in [1.54, 1.807) is 12.4 Å². The molecule has 0 fully saturated rings. The molecule has 0 saturated carbocycles. The lowest BCUT2D eigenvalue weighted by molar-refractivity contribution is 0.531. The Bertz CT molecular complexity index is 260. The van der Waals surface area contributed by atoms with Gasteiger partial charge in [-0.25, -0.2) is 0 Å². The van der Waals surface area contributed by atoms with Gasteiger partial charge in [0, 0.05) is 12.4 Å². The maximum absolute atomic E-state index is 3.78. The SMILES string of the molecule is Br.CCCCCCCCCCCCCCCCCC.c1ccncc1. The molecular weight excluding hydrogens is 370 g/mol. The zero-order chi connectivity index (χ0) is 17.6. The Morgan fingerprint density at radius 1 is 0.440 bits per heavy atom. The lowest BCUT2D eigenvalue weighted by Gasteiger charge is -2.03. The van der Waals surface area contributed by atoms with Crippen LogP contribution in [0.4, 0.5) is 0 Å². The first-order valence-corrected chi connectivity index (χ1v) is 10.8. The lowest BCUT2D eigenvalue weighted by Crippen LogP contribution is -1.83. The van der Waals surface area contributed by atoms with E-state index < -0.39 is 0 Å².